The normalized spacial score (nSPS) is 11.0. The van der Waals surface area contributed by atoms with Crippen molar-refractivity contribution in [1.82, 2.24) is 9.78 Å². The summed E-state index contributed by atoms with van der Waals surface area (Å²) in [6.45, 7) is 1.82. The van der Waals surface area contributed by atoms with Crippen LogP contribution in [0, 0.1) is 12.7 Å². The highest BCUT2D eigenvalue weighted by Crippen LogP contribution is 2.16. The second-order valence-electron chi connectivity index (χ2n) is 5.14. The molecule has 0 amide bonds. The number of hydrogen-bond donors (Lipinski definition) is 0. The molecule has 0 aliphatic heterocycles. The van der Waals surface area contributed by atoms with Crippen LogP contribution in [0.15, 0.2) is 66.9 Å². The van der Waals surface area contributed by atoms with Crippen LogP contribution < -0.4 is 0 Å². The highest BCUT2D eigenvalue weighted by molar-refractivity contribution is 6.07. The second kappa shape index (κ2) is 6.40. The summed E-state index contributed by atoms with van der Waals surface area (Å²) in [6.07, 6.45) is 4.85. The summed E-state index contributed by atoms with van der Waals surface area (Å²) in [6, 6.07) is 15.6. The number of nitrogens with zero attached hydrogens (tertiary/aromatic N) is 2. The van der Waals surface area contributed by atoms with Crippen LogP contribution in [0.4, 0.5) is 4.39 Å². The van der Waals surface area contributed by atoms with E-state index in [1.165, 1.54) is 24.4 Å². The van der Waals surface area contributed by atoms with Gasteiger partial charge in [0.2, 0.25) is 0 Å². The van der Waals surface area contributed by atoms with Crippen LogP contribution in [-0.2, 0) is 0 Å². The first-order chi connectivity index (χ1) is 11.1. The molecule has 0 unspecified atom stereocenters. The minimum atomic E-state index is -0.305. The number of rotatable bonds is 4. The van der Waals surface area contributed by atoms with E-state index in [2.05, 4.69) is 5.10 Å². The van der Waals surface area contributed by atoms with Gasteiger partial charge in [-0.1, -0.05) is 36.4 Å². The molecule has 3 nitrogen and oxygen atoms in total. The number of aromatic nitrogens is 2. The van der Waals surface area contributed by atoms with E-state index in [-0.39, 0.29) is 11.6 Å². The van der Waals surface area contributed by atoms with E-state index >= 15 is 0 Å². The standard InChI is InChI=1S/C19H15FN2O/c1-14-18(19(23)12-7-15-5-3-2-4-6-15)13-21-22(14)17-10-8-16(20)9-11-17/h2-13H,1H3/b12-7+. The van der Waals surface area contributed by atoms with Crippen LogP contribution in [0.5, 0.6) is 0 Å². The zero-order valence-electron chi connectivity index (χ0n) is 12.6. The first-order valence-electron chi connectivity index (χ1n) is 7.23. The van der Waals surface area contributed by atoms with Crippen LogP contribution in [-0.4, -0.2) is 15.6 Å². The molecule has 1 heterocycles. The Hall–Kier alpha value is -3.01. The number of allylic oxidation sites excluding steroid dienone is 1. The monoisotopic (exact) mass is 306 g/mol. The molecule has 3 rings (SSSR count). The number of ketones is 1. The fourth-order valence-corrected chi connectivity index (χ4v) is 2.32. The summed E-state index contributed by atoms with van der Waals surface area (Å²) in [5.41, 5.74) is 2.93. The fraction of sp³-hybridized carbons (Fsp3) is 0.0526. The van der Waals surface area contributed by atoms with Crippen molar-refractivity contribution in [2.45, 2.75) is 6.92 Å². The highest BCUT2D eigenvalue weighted by Gasteiger charge is 2.13. The Balaban J connectivity index is 1.85. The van der Waals surface area contributed by atoms with E-state index in [4.69, 9.17) is 0 Å². The van der Waals surface area contributed by atoms with Gasteiger partial charge < -0.3 is 0 Å². The number of hydrogen-bond acceptors (Lipinski definition) is 2. The Labute approximate surface area is 133 Å². The van der Waals surface area contributed by atoms with Gasteiger partial charge in [0.05, 0.1) is 23.1 Å². The van der Waals surface area contributed by atoms with Crippen LogP contribution in [0.3, 0.4) is 0 Å². The van der Waals surface area contributed by atoms with Crippen LogP contribution in [0.1, 0.15) is 21.6 Å². The van der Waals surface area contributed by atoms with Crippen molar-refractivity contribution in [3.8, 4) is 5.69 Å². The van der Waals surface area contributed by atoms with Crippen LogP contribution in [0.2, 0.25) is 0 Å². The maximum atomic E-state index is 13.0. The molecule has 0 fully saturated rings. The van der Waals surface area contributed by atoms with E-state index in [0.29, 0.717) is 5.56 Å². The lowest BCUT2D eigenvalue weighted by Gasteiger charge is -2.04. The van der Waals surface area contributed by atoms with Gasteiger partial charge in [-0.25, -0.2) is 9.07 Å². The molecule has 2 aromatic carbocycles. The molecule has 0 saturated heterocycles. The van der Waals surface area contributed by atoms with Gasteiger partial charge in [-0.15, -0.1) is 0 Å². The van der Waals surface area contributed by atoms with Gasteiger partial charge in [-0.3, -0.25) is 4.79 Å². The Morgan fingerprint density at radius 1 is 1.09 bits per heavy atom. The maximum Gasteiger partial charge on any atom is 0.189 e. The van der Waals surface area contributed by atoms with E-state index < -0.39 is 0 Å². The zero-order valence-corrected chi connectivity index (χ0v) is 12.6. The van der Waals surface area contributed by atoms with Gasteiger partial charge in [0.25, 0.3) is 0 Å². The summed E-state index contributed by atoms with van der Waals surface area (Å²) in [7, 11) is 0. The third-order valence-corrected chi connectivity index (χ3v) is 3.57. The highest BCUT2D eigenvalue weighted by atomic mass is 19.1. The third-order valence-electron chi connectivity index (χ3n) is 3.57. The SMILES string of the molecule is Cc1c(C(=O)/C=C/c2ccccc2)cnn1-c1ccc(F)cc1. The van der Waals surface area contributed by atoms with Crippen molar-refractivity contribution in [3.05, 3.63) is 89.5 Å². The number of benzene rings is 2. The molecule has 1 aromatic heterocycles. The van der Waals surface area contributed by atoms with Crippen LogP contribution in [0.25, 0.3) is 11.8 Å². The Bertz CT molecular complexity index is 849. The molecule has 0 radical (unpaired) electrons. The van der Waals surface area contributed by atoms with Crippen molar-refractivity contribution in [3.63, 3.8) is 0 Å². The lowest BCUT2D eigenvalue weighted by atomic mass is 10.1. The van der Waals surface area contributed by atoms with Crippen molar-refractivity contribution in [1.29, 1.82) is 0 Å². The number of halogens is 1. The Morgan fingerprint density at radius 3 is 2.48 bits per heavy atom. The van der Waals surface area contributed by atoms with Crippen molar-refractivity contribution in [2.75, 3.05) is 0 Å². The maximum absolute atomic E-state index is 13.0. The molecule has 0 N–H and O–H groups in total. The summed E-state index contributed by atoms with van der Waals surface area (Å²) in [5.74, 6) is -0.416. The minimum absolute atomic E-state index is 0.111. The minimum Gasteiger partial charge on any atom is -0.289 e. The van der Waals surface area contributed by atoms with Gasteiger partial charge in [-0.05, 0) is 42.8 Å². The van der Waals surface area contributed by atoms with Crippen LogP contribution >= 0.6 is 0 Å². The lowest BCUT2D eigenvalue weighted by molar-refractivity contribution is 0.104. The molecule has 114 valence electrons. The average Bonchev–Trinajstić information content (AvgIpc) is 2.96. The van der Waals surface area contributed by atoms with Gasteiger partial charge in [-0.2, -0.15) is 5.10 Å². The summed E-state index contributed by atoms with van der Waals surface area (Å²) >= 11 is 0. The van der Waals surface area contributed by atoms with Crippen molar-refractivity contribution >= 4 is 11.9 Å². The third kappa shape index (κ3) is 3.26. The average molecular weight is 306 g/mol. The van der Waals surface area contributed by atoms with Gasteiger partial charge >= 0.3 is 0 Å². The molecule has 0 spiro atoms. The molecule has 4 heteroatoms. The number of carbonyl (C=O) groups is 1. The van der Waals surface area contributed by atoms with Gasteiger partial charge in [0.1, 0.15) is 5.82 Å². The molecule has 23 heavy (non-hydrogen) atoms. The van der Waals surface area contributed by atoms with Crippen molar-refractivity contribution in [2.24, 2.45) is 0 Å². The van der Waals surface area contributed by atoms with Gasteiger partial charge in [0.15, 0.2) is 5.78 Å². The van der Waals surface area contributed by atoms with E-state index in [1.807, 2.05) is 37.3 Å². The summed E-state index contributed by atoms with van der Waals surface area (Å²) in [4.78, 5) is 12.3. The molecular formula is C19H15FN2O. The zero-order chi connectivity index (χ0) is 16.2. The quantitative estimate of drug-likeness (QED) is 0.534. The largest absolute Gasteiger partial charge is 0.289 e. The molecule has 0 bridgehead atoms. The molecule has 0 aliphatic carbocycles. The Morgan fingerprint density at radius 2 is 1.78 bits per heavy atom. The van der Waals surface area contributed by atoms with E-state index in [0.717, 1.165) is 16.9 Å². The predicted octanol–water partition coefficient (Wildman–Crippen LogP) is 4.22. The molecule has 0 aliphatic rings. The van der Waals surface area contributed by atoms with Gasteiger partial charge in [0, 0.05) is 0 Å². The molecule has 0 atom stereocenters. The first-order valence-corrected chi connectivity index (χ1v) is 7.23. The predicted molar refractivity (Wildman–Crippen MR) is 88.1 cm³/mol. The molecule has 0 saturated carbocycles. The fourth-order valence-electron chi connectivity index (χ4n) is 2.32. The summed E-state index contributed by atoms with van der Waals surface area (Å²) in [5, 5.41) is 4.23. The Kier molecular flexibility index (Phi) is 4.15. The lowest BCUT2D eigenvalue weighted by Crippen LogP contribution is -2.01. The second-order valence-corrected chi connectivity index (χ2v) is 5.14. The van der Waals surface area contributed by atoms with E-state index in [1.54, 1.807) is 22.9 Å². The van der Waals surface area contributed by atoms with Crippen molar-refractivity contribution < 1.29 is 9.18 Å². The molecule has 3 aromatic rings. The first kappa shape index (κ1) is 14.9. The summed E-state index contributed by atoms with van der Waals surface area (Å²) < 4.78 is 14.6. The molecular weight excluding hydrogens is 291 g/mol. The number of carbonyl (C=O) groups excluding carboxylic acids is 1. The topological polar surface area (TPSA) is 34.9 Å². The smallest absolute Gasteiger partial charge is 0.189 e. The van der Waals surface area contributed by atoms with E-state index in [9.17, 15) is 9.18 Å².